The van der Waals surface area contributed by atoms with Crippen LogP contribution in [0.3, 0.4) is 0 Å². The van der Waals surface area contributed by atoms with Crippen molar-refractivity contribution >= 4 is 23.2 Å². The molecule has 0 saturated carbocycles. The van der Waals surface area contributed by atoms with Crippen LogP contribution >= 0.6 is 0 Å². The average molecular weight is 595 g/mol. The predicted molar refractivity (Wildman–Crippen MR) is 161 cm³/mol. The van der Waals surface area contributed by atoms with Crippen LogP contribution in [-0.2, 0) is 9.47 Å². The van der Waals surface area contributed by atoms with Gasteiger partial charge in [0.2, 0.25) is 0 Å². The van der Waals surface area contributed by atoms with E-state index in [2.05, 4.69) is 31.0 Å². The Morgan fingerprint density at radius 2 is 1.07 bits per heavy atom. The van der Waals surface area contributed by atoms with Gasteiger partial charge in [0.05, 0.1) is 24.6 Å². The number of benzene rings is 2. The van der Waals surface area contributed by atoms with Crippen LogP contribution in [0.5, 0.6) is 11.5 Å². The number of carbonyl (C=O) groups excluding carboxylic acids is 2. The highest BCUT2D eigenvalue weighted by Crippen LogP contribution is 2.22. The Morgan fingerprint density at radius 3 is 1.43 bits per heavy atom. The van der Waals surface area contributed by atoms with Gasteiger partial charge in [-0.2, -0.15) is 10.2 Å². The van der Waals surface area contributed by atoms with Gasteiger partial charge in [0.1, 0.15) is 11.5 Å². The number of ether oxygens (including phenoxy) is 4. The van der Waals surface area contributed by atoms with E-state index in [0.717, 1.165) is 11.1 Å². The number of carbonyl (C=O) groups is 2. The summed E-state index contributed by atoms with van der Waals surface area (Å²) in [6.45, 7) is 4.20. The number of rotatable bonds is 10. The zero-order valence-corrected chi connectivity index (χ0v) is 24.0. The minimum Gasteiger partial charge on any atom is -0.458 e. The molecular weight excluding hydrogens is 564 g/mol. The SMILES string of the molecule is CC(=NNC(=O)c1ccc(OC2OCCOC2Oc2ccc(C(=O)NN=C(C)c3cccnc3)cc2)cc1)c1cccnc1. The Morgan fingerprint density at radius 1 is 0.659 bits per heavy atom. The maximum atomic E-state index is 12.6. The van der Waals surface area contributed by atoms with Crippen molar-refractivity contribution in [2.45, 2.75) is 26.4 Å². The monoisotopic (exact) mass is 594 g/mol. The first-order valence-electron chi connectivity index (χ1n) is 13.7. The van der Waals surface area contributed by atoms with Gasteiger partial charge in [0.25, 0.3) is 24.4 Å². The van der Waals surface area contributed by atoms with Gasteiger partial charge in [-0.15, -0.1) is 0 Å². The molecule has 2 N–H and O–H groups in total. The second-order valence-corrected chi connectivity index (χ2v) is 9.52. The fraction of sp³-hybridized carbons (Fsp3) is 0.188. The van der Waals surface area contributed by atoms with Crippen LogP contribution in [-0.4, -0.2) is 59.0 Å². The maximum absolute atomic E-state index is 12.6. The summed E-state index contributed by atoms with van der Waals surface area (Å²) in [7, 11) is 0. The molecule has 2 aromatic heterocycles. The van der Waals surface area contributed by atoms with E-state index < -0.39 is 12.6 Å². The van der Waals surface area contributed by atoms with Crippen molar-refractivity contribution in [2.75, 3.05) is 13.2 Å². The fourth-order valence-corrected chi connectivity index (χ4v) is 3.98. The normalized spacial score (nSPS) is 17.0. The molecule has 0 radical (unpaired) electrons. The quantitative estimate of drug-likeness (QED) is 0.207. The second-order valence-electron chi connectivity index (χ2n) is 9.52. The molecule has 2 unspecified atom stereocenters. The van der Waals surface area contributed by atoms with Gasteiger partial charge >= 0.3 is 0 Å². The first-order chi connectivity index (χ1) is 21.5. The number of pyridine rings is 2. The first-order valence-corrected chi connectivity index (χ1v) is 13.7. The van der Waals surface area contributed by atoms with Gasteiger partial charge in [-0.25, -0.2) is 10.9 Å². The minimum atomic E-state index is -0.872. The molecule has 1 saturated heterocycles. The highest BCUT2D eigenvalue weighted by atomic mass is 16.8. The molecule has 0 spiro atoms. The lowest BCUT2D eigenvalue weighted by atomic mass is 10.2. The summed E-state index contributed by atoms with van der Waals surface area (Å²) in [5, 5.41) is 8.28. The molecule has 1 aliphatic heterocycles. The summed E-state index contributed by atoms with van der Waals surface area (Å²) in [6.07, 6.45) is 4.93. The molecule has 2 amide bonds. The van der Waals surface area contributed by atoms with Crippen molar-refractivity contribution in [3.63, 3.8) is 0 Å². The van der Waals surface area contributed by atoms with E-state index in [1.54, 1.807) is 99.3 Å². The first kappa shape index (κ1) is 30.0. The van der Waals surface area contributed by atoms with Crippen molar-refractivity contribution in [3.8, 4) is 11.5 Å². The fourth-order valence-electron chi connectivity index (χ4n) is 3.98. The molecule has 12 nitrogen and oxygen atoms in total. The van der Waals surface area contributed by atoms with Gasteiger partial charge in [0, 0.05) is 47.0 Å². The van der Waals surface area contributed by atoms with Crippen LogP contribution in [0.15, 0.2) is 108 Å². The molecule has 224 valence electrons. The van der Waals surface area contributed by atoms with Crippen LogP contribution in [0.25, 0.3) is 0 Å². The highest BCUT2D eigenvalue weighted by Gasteiger charge is 2.31. The van der Waals surface area contributed by atoms with E-state index in [1.165, 1.54) is 0 Å². The van der Waals surface area contributed by atoms with E-state index >= 15 is 0 Å². The molecule has 1 aliphatic rings. The van der Waals surface area contributed by atoms with Gasteiger partial charge < -0.3 is 18.9 Å². The van der Waals surface area contributed by atoms with Gasteiger partial charge in [-0.05, 0) is 74.5 Å². The summed E-state index contributed by atoms with van der Waals surface area (Å²) in [6, 6.07) is 20.4. The molecule has 2 aromatic carbocycles. The molecule has 3 heterocycles. The summed E-state index contributed by atoms with van der Waals surface area (Å²) in [5.74, 6) is 0.168. The lowest BCUT2D eigenvalue weighted by Gasteiger charge is -2.31. The number of nitrogens with zero attached hydrogens (tertiary/aromatic N) is 4. The maximum Gasteiger partial charge on any atom is 0.271 e. The molecule has 0 bridgehead atoms. The van der Waals surface area contributed by atoms with Crippen molar-refractivity contribution in [3.05, 3.63) is 120 Å². The van der Waals surface area contributed by atoms with Crippen LogP contribution in [0.2, 0.25) is 0 Å². The molecule has 5 rings (SSSR count). The molecule has 12 heteroatoms. The Balaban J connectivity index is 1.14. The van der Waals surface area contributed by atoms with Crippen LogP contribution in [0.4, 0.5) is 0 Å². The third-order valence-electron chi connectivity index (χ3n) is 6.42. The Kier molecular flexibility index (Phi) is 9.98. The number of hydrogen-bond acceptors (Lipinski definition) is 10. The van der Waals surface area contributed by atoms with Crippen molar-refractivity contribution < 1.29 is 28.5 Å². The van der Waals surface area contributed by atoms with Crippen LogP contribution in [0.1, 0.15) is 45.7 Å². The van der Waals surface area contributed by atoms with E-state index in [4.69, 9.17) is 18.9 Å². The average Bonchev–Trinajstić information content (AvgIpc) is 3.08. The summed E-state index contributed by atoms with van der Waals surface area (Å²) >= 11 is 0. The van der Waals surface area contributed by atoms with Crippen molar-refractivity contribution in [1.29, 1.82) is 0 Å². The van der Waals surface area contributed by atoms with Crippen LogP contribution < -0.4 is 20.3 Å². The van der Waals surface area contributed by atoms with E-state index in [1.807, 2.05) is 12.1 Å². The predicted octanol–water partition coefficient (Wildman–Crippen LogP) is 3.94. The topological polar surface area (TPSA) is 146 Å². The van der Waals surface area contributed by atoms with E-state index in [0.29, 0.717) is 47.3 Å². The van der Waals surface area contributed by atoms with Gasteiger partial charge in [-0.1, -0.05) is 12.1 Å². The third kappa shape index (κ3) is 8.09. The Hall–Kier alpha value is -5.46. The van der Waals surface area contributed by atoms with E-state index in [9.17, 15) is 9.59 Å². The second kappa shape index (κ2) is 14.6. The summed E-state index contributed by atoms with van der Waals surface area (Å²) in [5.41, 5.74) is 8.76. The standard InChI is InChI=1S/C32H30N6O6/c1-21(25-5-3-15-33-19-25)35-37-29(39)23-7-11-27(12-8-23)43-31-32(42-18-17-41-31)44-28-13-9-24(10-14-28)30(40)38-36-22(2)26-6-4-16-34-20-26/h3-16,19-20,31-32H,17-18H2,1-2H3,(H,37,39)(H,38,40). The van der Waals surface area contributed by atoms with Crippen molar-refractivity contribution in [2.24, 2.45) is 10.2 Å². The largest absolute Gasteiger partial charge is 0.458 e. The smallest absolute Gasteiger partial charge is 0.271 e. The molecule has 1 fully saturated rings. The third-order valence-corrected chi connectivity index (χ3v) is 6.42. The number of hydrogen-bond donors (Lipinski definition) is 2. The van der Waals surface area contributed by atoms with Gasteiger partial charge in [0.15, 0.2) is 0 Å². The van der Waals surface area contributed by atoms with Gasteiger partial charge in [-0.3, -0.25) is 19.6 Å². The van der Waals surface area contributed by atoms with Crippen LogP contribution in [0, 0.1) is 0 Å². The zero-order chi connectivity index (χ0) is 30.7. The lowest BCUT2D eigenvalue weighted by Crippen LogP contribution is -2.45. The molecule has 2 atom stereocenters. The number of amides is 2. The molecule has 4 aromatic rings. The zero-order valence-electron chi connectivity index (χ0n) is 24.0. The number of hydrazone groups is 2. The van der Waals surface area contributed by atoms with Crippen molar-refractivity contribution in [1.82, 2.24) is 20.8 Å². The summed E-state index contributed by atoms with van der Waals surface area (Å²) in [4.78, 5) is 33.2. The molecular formula is C32H30N6O6. The minimum absolute atomic E-state index is 0.317. The lowest BCUT2D eigenvalue weighted by molar-refractivity contribution is -0.271. The summed E-state index contributed by atoms with van der Waals surface area (Å²) < 4.78 is 23.4. The Bertz CT molecular complexity index is 1490. The molecule has 44 heavy (non-hydrogen) atoms. The highest BCUT2D eigenvalue weighted by molar-refractivity contribution is 6.01. The number of aromatic nitrogens is 2. The van der Waals surface area contributed by atoms with E-state index in [-0.39, 0.29) is 11.8 Å². The Labute approximate surface area is 253 Å². The molecule has 0 aliphatic carbocycles. The number of nitrogens with one attached hydrogen (secondary N) is 2.